The largest absolute Gasteiger partial charge is 0.384 e. The maximum absolute atomic E-state index is 12.0. The van der Waals surface area contributed by atoms with E-state index in [0.29, 0.717) is 18.9 Å². The van der Waals surface area contributed by atoms with Gasteiger partial charge >= 0.3 is 0 Å². The molecule has 1 fully saturated rings. The summed E-state index contributed by atoms with van der Waals surface area (Å²) >= 11 is 0. The van der Waals surface area contributed by atoms with Crippen LogP contribution in [0.25, 0.3) is 0 Å². The summed E-state index contributed by atoms with van der Waals surface area (Å²) in [5, 5.41) is 0. The molecule has 0 atom stereocenters. The van der Waals surface area contributed by atoms with E-state index in [1.54, 1.807) is 7.11 Å². The Morgan fingerprint density at radius 2 is 2.04 bits per heavy atom. The number of benzene rings is 1. The van der Waals surface area contributed by atoms with Gasteiger partial charge in [0.05, 0.1) is 18.9 Å². The number of amides is 1. The van der Waals surface area contributed by atoms with Crippen LogP contribution in [0.5, 0.6) is 0 Å². The van der Waals surface area contributed by atoms with Gasteiger partial charge in [0.1, 0.15) is 5.82 Å². The number of ether oxygens (including phenoxy) is 1. The summed E-state index contributed by atoms with van der Waals surface area (Å²) in [6, 6.07) is 10.4. The van der Waals surface area contributed by atoms with Crippen LogP contribution in [0, 0.1) is 6.92 Å². The Balaban J connectivity index is 1.65. The molecule has 5 heteroatoms. The number of likely N-dealkylation sites (tertiary alicyclic amines) is 1. The zero-order valence-electron chi connectivity index (χ0n) is 13.7. The van der Waals surface area contributed by atoms with E-state index in [-0.39, 0.29) is 5.91 Å². The molecule has 5 nitrogen and oxygen atoms in total. The molecule has 122 valence electrons. The number of hydrogen-bond acceptors (Lipinski definition) is 3. The van der Waals surface area contributed by atoms with Gasteiger partial charge < -0.3 is 14.2 Å². The van der Waals surface area contributed by atoms with Crippen molar-refractivity contribution in [2.75, 3.05) is 26.8 Å². The van der Waals surface area contributed by atoms with Gasteiger partial charge in [0.15, 0.2) is 0 Å². The van der Waals surface area contributed by atoms with Gasteiger partial charge in [-0.3, -0.25) is 4.79 Å². The van der Waals surface area contributed by atoms with E-state index < -0.39 is 0 Å². The molecule has 23 heavy (non-hydrogen) atoms. The van der Waals surface area contributed by atoms with Gasteiger partial charge in [0.2, 0.25) is 5.91 Å². The number of hydrogen-bond donors (Lipinski definition) is 0. The Kier molecular flexibility index (Phi) is 4.76. The van der Waals surface area contributed by atoms with E-state index in [4.69, 9.17) is 4.74 Å². The minimum atomic E-state index is 0.168. The van der Waals surface area contributed by atoms with E-state index in [2.05, 4.69) is 40.7 Å². The van der Waals surface area contributed by atoms with Crippen molar-refractivity contribution in [3.05, 3.63) is 53.6 Å². The molecule has 1 amide bonds. The van der Waals surface area contributed by atoms with Crippen LogP contribution >= 0.6 is 0 Å². The van der Waals surface area contributed by atoms with Crippen molar-refractivity contribution in [3.63, 3.8) is 0 Å². The normalized spacial score (nSPS) is 14.8. The number of nitrogens with zero attached hydrogens (tertiary/aromatic N) is 3. The second-order valence-electron chi connectivity index (χ2n) is 6.07. The summed E-state index contributed by atoms with van der Waals surface area (Å²) in [5.74, 6) is 1.59. The fourth-order valence-electron chi connectivity index (χ4n) is 2.97. The van der Waals surface area contributed by atoms with Crippen LogP contribution in [0.2, 0.25) is 0 Å². The number of aryl methyl sites for hydroxylation is 1. The van der Waals surface area contributed by atoms with Crippen molar-refractivity contribution in [1.29, 1.82) is 0 Å². The number of imidazole rings is 1. The van der Waals surface area contributed by atoms with Crippen LogP contribution in [0.3, 0.4) is 0 Å². The maximum Gasteiger partial charge on any atom is 0.224 e. The molecule has 0 radical (unpaired) electrons. The summed E-state index contributed by atoms with van der Waals surface area (Å²) in [4.78, 5) is 18.4. The van der Waals surface area contributed by atoms with Crippen molar-refractivity contribution in [1.82, 2.24) is 14.5 Å². The first-order valence-electron chi connectivity index (χ1n) is 8.01. The van der Waals surface area contributed by atoms with E-state index in [1.165, 1.54) is 5.56 Å². The second kappa shape index (κ2) is 6.96. The van der Waals surface area contributed by atoms with Crippen LogP contribution in [0.15, 0.2) is 36.5 Å². The molecule has 2 heterocycles. The average Bonchev–Trinajstić information content (AvgIpc) is 2.86. The molecule has 0 unspecified atom stereocenters. The smallest absolute Gasteiger partial charge is 0.224 e. The van der Waals surface area contributed by atoms with Crippen molar-refractivity contribution >= 4 is 5.91 Å². The second-order valence-corrected chi connectivity index (χ2v) is 6.07. The van der Waals surface area contributed by atoms with Gasteiger partial charge in [-0.2, -0.15) is 0 Å². The van der Waals surface area contributed by atoms with Gasteiger partial charge in [0.25, 0.3) is 0 Å². The lowest BCUT2D eigenvalue weighted by atomic mass is 9.98. The van der Waals surface area contributed by atoms with E-state index in [1.807, 2.05) is 17.2 Å². The van der Waals surface area contributed by atoms with Gasteiger partial charge in [-0.1, -0.05) is 30.3 Å². The zero-order valence-corrected chi connectivity index (χ0v) is 13.7. The van der Waals surface area contributed by atoms with E-state index >= 15 is 0 Å². The van der Waals surface area contributed by atoms with Crippen LogP contribution in [0.4, 0.5) is 0 Å². The zero-order chi connectivity index (χ0) is 16.2. The highest BCUT2D eigenvalue weighted by molar-refractivity contribution is 5.77. The fourth-order valence-corrected chi connectivity index (χ4v) is 2.97. The van der Waals surface area contributed by atoms with Crippen LogP contribution in [-0.2, 0) is 16.1 Å². The van der Waals surface area contributed by atoms with Gasteiger partial charge in [-0.05, 0) is 12.5 Å². The Bertz CT molecular complexity index is 660. The molecule has 0 N–H and O–H groups in total. The molecule has 0 spiro atoms. The predicted octanol–water partition coefficient (Wildman–Crippen LogP) is 2.20. The minimum absolute atomic E-state index is 0.168. The molecule has 0 aliphatic carbocycles. The summed E-state index contributed by atoms with van der Waals surface area (Å²) in [7, 11) is 1.62. The van der Waals surface area contributed by atoms with Crippen LogP contribution in [0.1, 0.15) is 29.4 Å². The number of carbonyl (C=O) groups is 1. The van der Waals surface area contributed by atoms with Crippen LogP contribution in [-0.4, -0.2) is 47.2 Å². The topological polar surface area (TPSA) is 47.4 Å². The molecule has 1 aromatic carbocycles. The quantitative estimate of drug-likeness (QED) is 0.821. The standard InChI is InChI=1S/C18H23N3O2/c1-14-10-19-18(21(14)11-15-6-4-3-5-7-15)16-12-20(13-16)17(22)8-9-23-2/h3-7,10,16H,8-9,11-13H2,1-2H3. The van der Waals surface area contributed by atoms with Crippen molar-refractivity contribution in [2.45, 2.75) is 25.8 Å². The predicted molar refractivity (Wildman–Crippen MR) is 88.3 cm³/mol. The van der Waals surface area contributed by atoms with Crippen molar-refractivity contribution < 1.29 is 9.53 Å². The third-order valence-electron chi connectivity index (χ3n) is 4.39. The molecule has 1 aliphatic heterocycles. The Morgan fingerprint density at radius 3 is 2.74 bits per heavy atom. The molecule has 1 aliphatic rings. The van der Waals surface area contributed by atoms with Crippen molar-refractivity contribution in [2.24, 2.45) is 0 Å². The third kappa shape index (κ3) is 3.45. The first kappa shape index (κ1) is 15.7. The lowest BCUT2D eigenvalue weighted by molar-refractivity contribution is -0.136. The van der Waals surface area contributed by atoms with Crippen LogP contribution < -0.4 is 0 Å². The number of methoxy groups -OCH3 is 1. The summed E-state index contributed by atoms with van der Waals surface area (Å²) < 4.78 is 7.23. The molecule has 1 saturated heterocycles. The van der Waals surface area contributed by atoms with Crippen molar-refractivity contribution in [3.8, 4) is 0 Å². The third-order valence-corrected chi connectivity index (χ3v) is 4.39. The maximum atomic E-state index is 12.0. The number of carbonyl (C=O) groups excluding carboxylic acids is 1. The summed E-state index contributed by atoms with van der Waals surface area (Å²) in [5.41, 5.74) is 2.43. The Hall–Kier alpha value is -2.14. The highest BCUT2D eigenvalue weighted by Gasteiger charge is 2.34. The van der Waals surface area contributed by atoms with Gasteiger partial charge in [-0.25, -0.2) is 4.98 Å². The van der Waals surface area contributed by atoms with E-state index in [0.717, 1.165) is 31.2 Å². The molecule has 0 saturated carbocycles. The molecule has 2 aromatic rings. The monoisotopic (exact) mass is 313 g/mol. The Morgan fingerprint density at radius 1 is 1.30 bits per heavy atom. The number of rotatable bonds is 6. The highest BCUT2D eigenvalue weighted by Crippen LogP contribution is 2.27. The molecule has 0 bridgehead atoms. The lowest BCUT2D eigenvalue weighted by Crippen LogP contribution is -2.49. The summed E-state index contributed by atoms with van der Waals surface area (Å²) in [6.45, 7) is 4.92. The first-order chi connectivity index (χ1) is 11.2. The van der Waals surface area contributed by atoms with E-state index in [9.17, 15) is 4.79 Å². The number of aromatic nitrogens is 2. The molecule has 1 aromatic heterocycles. The minimum Gasteiger partial charge on any atom is -0.384 e. The first-order valence-corrected chi connectivity index (χ1v) is 8.01. The summed E-state index contributed by atoms with van der Waals surface area (Å²) in [6.07, 6.45) is 2.38. The fraction of sp³-hybridized carbons (Fsp3) is 0.444. The van der Waals surface area contributed by atoms with Gasteiger partial charge in [-0.15, -0.1) is 0 Å². The Labute approximate surface area is 136 Å². The highest BCUT2D eigenvalue weighted by atomic mass is 16.5. The van der Waals surface area contributed by atoms with Gasteiger partial charge in [0, 0.05) is 38.6 Å². The lowest BCUT2D eigenvalue weighted by Gasteiger charge is -2.39. The average molecular weight is 313 g/mol. The molecular weight excluding hydrogens is 290 g/mol. The molecule has 3 rings (SSSR count). The molecular formula is C18H23N3O2. The SMILES string of the molecule is COCCC(=O)N1CC(c2ncc(C)n2Cc2ccccc2)C1.